The highest BCUT2D eigenvalue weighted by Crippen LogP contribution is 2.43. The van der Waals surface area contributed by atoms with Crippen LogP contribution < -0.4 is 10.6 Å². The van der Waals surface area contributed by atoms with Crippen LogP contribution in [0.15, 0.2) is 18.2 Å². The summed E-state index contributed by atoms with van der Waals surface area (Å²) >= 11 is 0. The fraction of sp³-hybridized carbons (Fsp3) is 0.650. The minimum atomic E-state index is -0.387. The molecule has 3 N–H and O–H groups in total. The van der Waals surface area contributed by atoms with Crippen molar-refractivity contribution in [1.82, 2.24) is 4.90 Å². The number of amides is 1. The maximum atomic E-state index is 14.4. The van der Waals surface area contributed by atoms with E-state index in [9.17, 15) is 14.3 Å². The first-order valence-corrected chi connectivity index (χ1v) is 9.78. The van der Waals surface area contributed by atoms with Crippen molar-refractivity contribution in [3.63, 3.8) is 0 Å². The topological polar surface area (TPSA) is 69.8 Å². The lowest BCUT2D eigenvalue weighted by Gasteiger charge is -2.41. The number of hydrogen-bond acceptors (Lipinski definition) is 4. The second-order valence-corrected chi connectivity index (χ2v) is 8.23. The van der Waals surface area contributed by atoms with Crippen molar-refractivity contribution in [2.75, 3.05) is 30.3 Å². The molecular formula is C20H28FN3O2. The smallest absolute Gasteiger partial charge is 0.230 e. The molecule has 2 saturated heterocycles. The van der Waals surface area contributed by atoms with Crippen LogP contribution in [-0.4, -0.2) is 47.7 Å². The molecule has 26 heavy (non-hydrogen) atoms. The van der Waals surface area contributed by atoms with Gasteiger partial charge in [-0.3, -0.25) is 4.79 Å². The maximum absolute atomic E-state index is 14.4. The summed E-state index contributed by atoms with van der Waals surface area (Å²) in [6, 6.07) is 5.06. The van der Waals surface area contributed by atoms with Gasteiger partial charge in [0.05, 0.1) is 17.2 Å². The summed E-state index contributed by atoms with van der Waals surface area (Å²) in [6.07, 6.45) is 5.75. The summed E-state index contributed by atoms with van der Waals surface area (Å²) in [5.74, 6) is -0.0786. The van der Waals surface area contributed by atoms with E-state index in [2.05, 4.69) is 4.90 Å². The number of aliphatic hydroxyl groups excluding tert-OH is 1. The van der Waals surface area contributed by atoms with E-state index in [0.29, 0.717) is 17.9 Å². The highest BCUT2D eigenvalue weighted by molar-refractivity contribution is 5.86. The van der Waals surface area contributed by atoms with Crippen LogP contribution in [0, 0.1) is 11.2 Å². The zero-order valence-corrected chi connectivity index (χ0v) is 15.2. The van der Waals surface area contributed by atoms with Gasteiger partial charge in [0.15, 0.2) is 0 Å². The van der Waals surface area contributed by atoms with Crippen LogP contribution in [0.25, 0.3) is 0 Å². The van der Waals surface area contributed by atoms with Gasteiger partial charge in [0.1, 0.15) is 5.82 Å². The first-order valence-electron chi connectivity index (χ1n) is 9.78. The van der Waals surface area contributed by atoms with E-state index in [0.717, 1.165) is 58.0 Å². The Balaban J connectivity index is 1.50. The molecule has 2 heterocycles. The van der Waals surface area contributed by atoms with Crippen LogP contribution in [0.2, 0.25) is 0 Å². The van der Waals surface area contributed by atoms with E-state index in [1.165, 1.54) is 6.07 Å². The summed E-state index contributed by atoms with van der Waals surface area (Å²) in [4.78, 5) is 17.4. The number of carbonyl (C=O) groups is 1. The number of rotatable bonds is 2. The van der Waals surface area contributed by atoms with Crippen molar-refractivity contribution in [2.45, 2.75) is 57.1 Å². The first-order chi connectivity index (χ1) is 12.5. The van der Waals surface area contributed by atoms with Gasteiger partial charge in [-0.15, -0.1) is 0 Å². The first kappa shape index (κ1) is 17.6. The highest BCUT2D eigenvalue weighted by Gasteiger charge is 2.50. The van der Waals surface area contributed by atoms with E-state index in [1.807, 2.05) is 4.90 Å². The predicted molar refractivity (Wildman–Crippen MR) is 99.3 cm³/mol. The van der Waals surface area contributed by atoms with Crippen molar-refractivity contribution < 1.29 is 14.3 Å². The molecule has 3 fully saturated rings. The van der Waals surface area contributed by atoms with Crippen molar-refractivity contribution >= 4 is 17.3 Å². The highest BCUT2D eigenvalue weighted by atomic mass is 19.1. The second kappa shape index (κ2) is 6.72. The van der Waals surface area contributed by atoms with Gasteiger partial charge in [-0.25, -0.2) is 4.39 Å². The SMILES string of the molecule is Nc1ccc(N2CCC[C@@]3(CCN(C4CCC(O)CC4)C3=O)C2)c(F)c1. The number of benzene rings is 1. The molecule has 6 heteroatoms. The third kappa shape index (κ3) is 3.04. The Bertz CT molecular complexity index is 690. The number of nitrogens with zero attached hydrogens (tertiary/aromatic N) is 2. The molecule has 0 bridgehead atoms. The maximum Gasteiger partial charge on any atom is 0.230 e. The fourth-order valence-corrected chi connectivity index (χ4v) is 5.06. The molecule has 0 aromatic heterocycles. The molecule has 1 aromatic rings. The molecule has 2 aliphatic heterocycles. The Labute approximate surface area is 154 Å². The average molecular weight is 361 g/mol. The molecule has 1 saturated carbocycles. The van der Waals surface area contributed by atoms with Gasteiger partial charge in [0.25, 0.3) is 0 Å². The van der Waals surface area contributed by atoms with Crippen molar-refractivity contribution in [2.24, 2.45) is 5.41 Å². The molecule has 3 aliphatic rings. The molecule has 5 nitrogen and oxygen atoms in total. The minimum Gasteiger partial charge on any atom is -0.399 e. The van der Waals surface area contributed by atoms with Gasteiger partial charge in [-0.2, -0.15) is 0 Å². The van der Waals surface area contributed by atoms with Crippen LogP contribution in [0.4, 0.5) is 15.8 Å². The number of nitrogen functional groups attached to an aromatic ring is 1. The van der Waals surface area contributed by atoms with Gasteiger partial charge in [-0.1, -0.05) is 0 Å². The molecule has 4 rings (SSSR count). The van der Waals surface area contributed by atoms with E-state index in [1.54, 1.807) is 12.1 Å². The minimum absolute atomic E-state index is 0.212. The van der Waals surface area contributed by atoms with Crippen LogP contribution >= 0.6 is 0 Å². The summed E-state index contributed by atoms with van der Waals surface area (Å²) in [7, 11) is 0. The predicted octanol–water partition coefficient (Wildman–Crippen LogP) is 2.53. The number of piperidine rings is 1. The number of halogens is 1. The zero-order chi connectivity index (χ0) is 18.3. The van der Waals surface area contributed by atoms with E-state index < -0.39 is 0 Å². The lowest BCUT2D eigenvalue weighted by atomic mass is 9.78. The molecule has 1 aromatic carbocycles. The number of anilines is 2. The normalized spacial score (nSPS) is 32.5. The Hall–Kier alpha value is -1.82. The number of hydrogen-bond donors (Lipinski definition) is 2. The van der Waals surface area contributed by atoms with Gasteiger partial charge >= 0.3 is 0 Å². The van der Waals surface area contributed by atoms with Crippen LogP contribution in [-0.2, 0) is 4.79 Å². The number of likely N-dealkylation sites (tertiary alicyclic amines) is 1. The zero-order valence-electron chi connectivity index (χ0n) is 15.2. The molecule has 1 atom stereocenters. The molecule has 1 spiro atoms. The Morgan fingerprint density at radius 2 is 1.92 bits per heavy atom. The number of nitrogens with two attached hydrogens (primary N) is 1. The van der Waals surface area contributed by atoms with Gasteiger partial charge in [0, 0.05) is 31.4 Å². The van der Waals surface area contributed by atoms with E-state index in [4.69, 9.17) is 5.73 Å². The van der Waals surface area contributed by atoms with Gasteiger partial charge < -0.3 is 20.6 Å². The number of carbonyl (C=O) groups excluding carboxylic acids is 1. The summed E-state index contributed by atoms with van der Waals surface area (Å²) < 4.78 is 14.4. The van der Waals surface area contributed by atoms with E-state index in [-0.39, 0.29) is 29.3 Å². The summed E-state index contributed by atoms with van der Waals surface area (Å²) in [6.45, 7) is 2.14. The summed E-state index contributed by atoms with van der Waals surface area (Å²) in [5, 5.41) is 9.73. The molecule has 1 aliphatic carbocycles. The monoisotopic (exact) mass is 361 g/mol. The third-order valence-corrected chi connectivity index (χ3v) is 6.54. The Morgan fingerprint density at radius 3 is 2.65 bits per heavy atom. The molecule has 142 valence electrons. The quantitative estimate of drug-likeness (QED) is 0.794. The largest absolute Gasteiger partial charge is 0.399 e. The Morgan fingerprint density at radius 1 is 1.15 bits per heavy atom. The van der Waals surface area contributed by atoms with Gasteiger partial charge in [-0.05, 0) is 63.1 Å². The lowest BCUT2D eigenvalue weighted by Crippen LogP contribution is -2.50. The van der Waals surface area contributed by atoms with Crippen molar-refractivity contribution in [3.8, 4) is 0 Å². The van der Waals surface area contributed by atoms with Crippen LogP contribution in [0.3, 0.4) is 0 Å². The van der Waals surface area contributed by atoms with E-state index >= 15 is 0 Å². The second-order valence-electron chi connectivity index (χ2n) is 8.23. The Kier molecular flexibility index (Phi) is 4.55. The lowest BCUT2D eigenvalue weighted by molar-refractivity contribution is -0.139. The van der Waals surface area contributed by atoms with Crippen molar-refractivity contribution in [3.05, 3.63) is 24.0 Å². The molecule has 1 amide bonds. The summed E-state index contributed by atoms with van der Waals surface area (Å²) in [5.41, 5.74) is 6.25. The average Bonchev–Trinajstić information content (AvgIpc) is 2.92. The molecule has 0 unspecified atom stereocenters. The van der Waals surface area contributed by atoms with Gasteiger partial charge in [0.2, 0.25) is 5.91 Å². The molecule has 0 radical (unpaired) electrons. The number of aliphatic hydroxyl groups is 1. The standard InChI is InChI=1S/C20H28FN3O2/c21-17-12-14(22)2-7-18(17)23-10-1-8-20(13-23)9-11-24(19(20)26)15-3-5-16(25)6-4-15/h2,7,12,15-16,25H,1,3-6,8-11,13,22H2/t15?,16?,20-/m1/s1. The van der Waals surface area contributed by atoms with Crippen LogP contribution in [0.5, 0.6) is 0 Å². The van der Waals surface area contributed by atoms with Crippen molar-refractivity contribution in [1.29, 1.82) is 0 Å². The fourth-order valence-electron chi connectivity index (χ4n) is 5.06. The molecular weight excluding hydrogens is 333 g/mol. The van der Waals surface area contributed by atoms with Crippen LogP contribution in [0.1, 0.15) is 44.9 Å². The third-order valence-electron chi connectivity index (χ3n) is 6.54.